The van der Waals surface area contributed by atoms with Crippen LogP contribution in [-0.4, -0.2) is 13.1 Å². The molecular formula is C19H17BrO2. The third-order valence-electron chi connectivity index (χ3n) is 4.15. The van der Waals surface area contributed by atoms with Gasteiger partial charge in [-0.2, -0.15) is 0 Å². The lowest BCUT2D eigenvalue weighted by Gasteiger charge is -2.17. The highest BCUT2D eigenvalue weighted by molar-refractivity contribution is 9.08. The van der Waals surface area contributed by atoms with Crippen LogP contribution in [0.15, 0.2) is 48.5 Å². The number of fused-ring (bicyclic) bond motifs is 2. The van der Waals surface area contributed by atoms with Crippen LogP contribution in [-0.2, 0) is 14.9 Å². The minimum atomic E-state index is -0.289. The van der Waals surface area contributed by atoms with Gasteiger partial charge in [-0.3, -0.25) is 4.79 Å². The van der Waals surface area contributed by atoms with Gasteiger partial charge in [0.05, 0.1) is 13.0 Å². The fourth-order valence-electron chi connectivity index (χ4n) is 3.00. The lowest BCUT2D eigenvalue weighted by atomic mass is 9.89. The summed E-state index contributed by atoms with van der Waals surface area (Å²) in [6, 6.07) is 16.8. The summed E-state index contributed by atoms with van der Waals surface area (Å²) in [6.07, 6.45) is 0. The molecule has 0 aliphatic rings. The van der Waals surface area contributed by atoms with Crippen LogP contribution in [0.25, 0.3) is 21.5 Å². The Balaban J connectivity index is 2.35. The summed E-state index contributed by atoms with van der Waals surface area (Å²) in [5.74, 6) is -0.495. The summed E-state index contributed by atoms with van der Waals surface area (Å²) in [4.78, 5) is 12.1. The van der Waals surface area contributed by atoms with E-state index in [9.17, 15) is 4.79 Å². The number of benzene rings is 3. The zero-order valence-corrected chi connectivity index (χ0v) is 14.2. The second-order valence-electron chi connectivity index (χ2n) is 5.44. The molecule has 0 amide bonds. The second-order valence-corrected chi connectivity index (χ2v) is 6.00. The quantitative estimate of drug-likeness (QED) is 0.367. The van der Waals surface area contributed by atoms with Crippen molar-refractivity contribution in [2.75, 3.05) is 7.11 Å². The van der Waals surface area contributed by atoms with E-state index in [2.05, 4.69) is 52.3 Å². The first kappa shape index (κ1) is 15.0. The Morgan fingerprint density at radius 1 is 1.09 bits per heavy atom. The number of hydrogen-bond donors (Lipinski definition) is 0. The van der Waals surface area contributed by atoms with Crippen molar-refractivity contribution in [3.63, 3.8) is 0 Å². The zero-order chi connectivity index (χ0) is 15.7. The van der Waals surface area contributed by atoms with Crippen molar-refractivity contribution in [1.82, 2.24) is 0 Å². The van der Waals surface area contributed by atoms with Crippen molar-refractivity contribution in [3.05, 3.63) is 59.7 Å². The van der Waals surface area contributed by atoms with Crippen LogP contribution in [0.4, 0.5) is 0 Å². The number of carbonyl (C=O) groups excluding carboxylic acids is 1. The van der Waals surface area contributed by atoms with Gasteiger partial charge in [-0.05, 0) is 51.7 Å². The number of methoxy groups -OCH3 is 1. The molecule has 0 aliphatic heterocycles. The maximum absolute atomic E-state index is 12.1. The zero-order valence-electron chi connectivity index (χ0n) is 12.6. The molecular weight excluding hydrogens is 340 g/mol. The highest BCUT2D eigenvalue weighted by Crippen LogP contribution is 2.33. The highest BCUT2D eigenvalue weighted by Gasteiger charge is 2.21. The number of halogens is 1. The van der Waals surface area contributed by atoms with Crippen molar-refractivity contribution in [2.45, 2.75) is 18.2 Å². The van der Waals surface area contributed by atoms with Crippen molar-refractivity contribution in [1.29, 1.82) is 0 Å². The molecule has 112 valence electrons. The Bertz CT molecular complexity index is 855. The number of alkyl halides is 1. The van der Waals surface area contributed by atoms with Gasteiger partial charge >= 0.3 is 5.97 Å². The van der Waals surface area contributed by atoms with E-state index in [4.69, 9.17) is 4.74 Å². The minimum Gasteiger partial charge on any atom is -0.469 e. The number of ether oxygens (including phenoxy) is 1. The molecule has 0 spiro atoms. The molecule has 3 rings (SSSR count). The first-order valence-electron chi connectivity index (χ1n) is 7.23. The van der Waals surface area contributed by atoms with E-state index in [0.717, 1.165) is 21.9 Å². The van der Waals surface area contributed by atoms with Gasteiger partial charge in [-0.25, -0.2) is 0 Å². The standard InChI is InChI=1S/C19H17BrO2/c1-12(19(21)22-2)18-16(11-20)8-7-15-9-13-5-3-4-6-14(13)10-17(15)18/h3-10,12H,11H2,1-2H3. The molecule has 3 heteroatoms. The molecule has 3 aromatic rings. The van der Waals surface area contributed by atoms with Crippen molar-refractivity contribution in [2.24, 2.45) is 0 Å². The van der Waals surface area contributed by atoms with E-state index < -0.39 is 0 Å². The summed E-state index contributed by atoms with van der Waals surface area (Å²) < 4.78 is 4.95. The minimum absolute atomic E-state index is 0.206. The predicted octanol–water partition coefficient (Wildman–Crippen LogP) is 5.16. The van der Waals surface area contributed by atoms with Gasteiger partial charge in [0, 0.05) is 5.33 Å². The fourth-order valence-corrected chi connectivity index (χ4v) is 3.49. The molecule has 0 bridgehead atoms. The molecule has 0 saturated carbocycles. The smallest absolute Gasteiger partial charge is 0.312 e. The van der Waals surface area contributed by atoms with Crippen LogP contribution in [0.5, 0.6) is 0 Å². The normalized spacial score (nSPS) is 12.5. The van der Waals surface area contributed by atoms with Crippen LogP contribution in [0, 0.1) is 0 Å². The summed E-state index contributed by atoms with van der Waals surface area (Å²) in [7, 11) is 1.44. The maximum Gasteiger partial charge on any atom is 0.312 e. The molecule has 0 heterocycles. The molecule has 1 unspecified atom stereocenters. The molecule has 2 nitrogen and oxygen atoms in total. The Hall–Kier alpha value is -1.87. The fraction of sp³-hybridized carbons (Fsp3) is 0.211. The van der Waals surface area contributed by atoms with Crippen LogP contribution in [0.2, 0.25) is 0 Å². The van der Waals surface area contributed by atoms with E-state index in [0.29, 0.717) is 5.33 Å². The largest absolute Gasteiger partial charge is 0.469 e. The van der Waals surface area contributed by atoms with Gasteiger partial charge in [0.2, 0.25) is 0 Å². The SMILES string of the molecule is COC(=O)C(C)c1c(CBr)ccc2cc3ccccc3cc12. The first-order chi connectivity index (χ1) is 10.7. The van der Waals surface area contributed by atoms with E-state index in [1.807, 2.05) is 19.1 Å². The van der Waals surface area contributed by atoms with Gasteiger partial charge in [0.25, 0.3) is 0 Å². The first-order valence-corrected chi connectivity index (χ1v) is 8.36. The topological polar surface area (TPSA) is 26.3 Å². The van der Waals surface area contributed by atoms with Gasteiger partial charge in [0.15, 0.2) is 0 Å². The number of rotatable bonds is 3. The second kappa shape index (κ2) is 6.09. The van der Waals surface area contributed by atoms with Gasteiger partial charge in [-0.15, -0.1) is 0 Å². The van der Waals surface area contributed by atoms with Crippen LogP contribution in [0.3, 0.4) is 0 Å². The van der Waals surface area contributed by atoms with Gasteiger partial charge < -0.3 is 4.74 Å². The Morgan fingerprint density at radius 2 is 1.77 bits per heavy atom. The number of hydrogen-bond acceptors (Lipinski definition) is 2. The average Bonchev–Trinajstić information content (AvgIpc) is 2.57. The lowest BCUT2D eigenvalue weighted by Crippen LogP contribution is -2.13. The average molecular weight is 357 g/mol. The summed E-state index contributed by atoms with van der Waals surface area (Å²) in [5.41, 5.74) is 2.17. The lowest BCUT2D eigenvalue weighted by molar-refractivity contribution is -0.141. The molecule has 3 aromatic carbocycles. The summed E-state index contributed by atoms with van der Waals surface area (Å²) in [5, 5.41) is 5.37. The highest BCUT2D eigenvalue weighted by atomic mass is 79.9. The number of carbonyl (C=O) groups is 1. The molecule has 0 N–H and O–H groups in total. The third-order valence-corrected chi connectivity index (χ3v) is 4.75. The van der Waals surface area contributed by atoms with Crippen molar-refractivity contribution in [3.8, 4) is 0 Å². The van der Waals surface area contributed by atoms with Crippen molar-refractivity contribution >= 4 is 43.4 Å². The van der Waals surface area contributed by atoms with Gasteiger partial charge in [0.1, 0.15) is 0 Å². The Morgan fingerprint density at radius 3 is 2.41 bits per heavy atom. The van der Waals surface area contributed by atoms with E-state index >= 15 is 0 Å². The van der Waals surface area contributed by atoms with Crippen LogP contribution >= 0.6 is 15.9 Å². The van der Waals surface area contributed by atoms with Crippen LogP contribution in [0.1, 0.15) is 24.0 Å². The molecule has 0 fully saturated rings. The predicted molar refractivity (Wildman–Crippen MR) is 94.5 cm³/mol. The monoisotopic (exact) mass is 356 g/mol. The van der Waals surface area contributed by atoms with E-state index in [1.54, 1.807) is 0 Å². The molecule has 22 heavy (non-hydrogen) atoms. The molecule has 0 radical (unpaired) electrons. The maximum atomic E-state index is 12.1. The van der Waals surface area contributed by atoms with E-state index in [1.165, 1.54) is 17.9 Å². The van der Waals surface area contributed by atoms with E-state index in [-0.39, 0.29) is 11.9 Å². The van der Waals surface area contributed by atoms with Crippen molar-refractivity contribution < 1.29 is 9.53 Å². The molecule has 0 aliphatic carbocycles. The number of esters is 1. The Kier molecular flexibility index (Phi) is 4.16. The Labute approximate surface area is 138 Å². The molecule has 1 atom stereocenters. The van der Waals surface area contributed by atoms with Gasteiger partial charge in [-0.1, -0.05) is 52.3 Å². The van der Waals surface area contributed by atoms with Crippen LogP contribution < -0.4 is 0 Å². The molecule has 0 saturated heterocycles. The molecule has 0 aromatic heterocycles. The third kappa shape index (κ3) is 2.50. The summed E-state index contributed by atoms with van der Waals surface area (Å²) >= 11 is 3.53. The summed E-state index contributed by atoms with van der Waals surface area (Å²) in [6.45, 7) is 1.90.